The first kappa shape index (κ1) is 16.3. The molecular weight excluding hydrogens is 380 g/mol. The average Bonchev–Trinajstić information content (AvgIpc) is 3.24. The number of thiophene rings is 1. The van der Waals surface area contributed by atoms with Gasteiger partial charge in [0.1, 0.15) is 0 Å². The lowest BCUT2D eigenvalue weighted by Gasteiger charge is -2.30. The Bertz CT molecular complexity index is 675. The van der Waals surface area contributed by atoms with Gasteiger partial charge >= 0.3 is 0 Å². The zero-order valence-electron chi connectivity index (χ0n) is 12.5. The van der Waals surface area contributed by atoms with Crippen molar-refractivity contribution in [3.05, 3.63) is 45.0 Å². The van der Waals surface area contributed by atoms with Gasteiger partial charge in [0.25, 0.3) is 5.91 Å². The number of carbonyl (C=O) groups excluding carboxylic acids is 2. The van der Waals surface area contributed by atoms with Crippen molar-refractivity contribution < 1.29 is 14.0 Å². The van der Waals surface area contributed by atoms with Crippen LogP contribution in [0.4, 0.5) is 0 Å². The van der Waals surface area contributed by atoms with Crippen molar-refractivity contribution >= 4 is 39.1 Å². The molecule has 0 atom stereocenters. The third-order valence-electron chi connectivity index (χ3n) is 3.95. The van der Waals surface area contributed by atoms with E-state index in [0.717, 1.165) is 8.66 Å². The summed E-state index contributed by atoms with van der Waals surface area (Å²) >= 11 is 5.03. The molecule has 2 amide bonds. The molecule has 2 aromatic heterocycles. The van der Waals surface area contributed by atoms with Crippen LogP contribution in [-0.4, -0.2) is 29.8 Å². The van der Waals surface area contributed by atoms with Gasteiger partial charge in [0.15, 0.2) is 5.76 Å². The number of nitrogens with zero attached hydrogens (tertiary/aromatic N) is 1. The van der Waals surface area contributed by atoms with E-state index in [4.69, 9.17) is 4.42 Å². The van der Waals surface area contributed by atoms with Crippen LogP contribution in [0.3, 0.4) is 0 Å². The number of hydrogen-bond donors (Lipinski definition) is 1. The zero-order chi connectivity index (χ0) is 16.2. The molecule has 0 saturated carbocycles. The van der Waals surface area contributed by atoms with Crippen LogP contribution in [0.2, 0.25) is 0 Å². The predicted molar refractivity (Wildman–Crippen MR) is 91.2 cm³/mol. The summed E-state index contributed by atoms with van der Waals surface area (Å²) in [6, 6.07) is 7.35. The highest BCUT2D eigenvalue weighted by Crippen LogP contribution is 2.23. The first-order chi connectivity index (χ1) is 11.1. The van der Waals surface area contributed by atoms with Crippen molar-refractivity contribution in [1.29, 1.82) is 0 Å². The average molecular weight is 397 g/mol. The molecule has 1 aliphatic rings. The number of halogens is 1. The van der Waals surface area contributed by atoms with Crippen molar-refractivity contribution in [2.45, 2.75) is 19.4 Å². The first-order valence-corrected chi connectivity index (χ1v) is 9.09. The van der Waals surface area contributed by atoms with Gasteiger partial charge in [-0.25, -0.2) is 0 Å². The summed E-state index contributed by atoms with van der Waals surface area (Å²) in [6.07, 6.45) is 2.87. The monoisotopic (exact) mass is 396 g/mol. The molecule has 0 bridgehead atoms. The fourth-order valence-electron chi connectivity index (χ4n) is 2.67. The van der Waals surface area contributed by atoms with Gasteiger partial charge in [0, 0.05) is 23.9 Å². The second kappa shape index (κ2) is 7.31. The second-order valence-electron chi connectivity index (χ2n) is 5.47. The molecule has 0 unspecified atom stereocenters. The molecular formula is C16H17BrN2O3S. The number of carbonyl (C=O) groups is 2. The summed E-state index contributed by atoms with van der Waals surface area (Å²) in [5.41, 5.74) is 0. The first-order valence-electron chi connectivity index (χ1n) is 7.48. The van der Waals surface area contributed by atoms with Gasteiger partial charge in [-0.05, 0) is 53.0 Å². The van der Waals surface area contributed by atoms with Crippen molar-refractivity contribution in [2.75, 3.05) is 13.1 Å². The molecule has 1 aliphatic heterocycles. The molecule has 0 spiro atoms. The van der Waals surface area contributed by atoms with E-state index in [1.54, 1.807) is 28.4 Å². The Morgan fingerprint density at radius 1 is 1.30 bits per heavy atom. The molecule has 122 valence electrons. The smallest absolute Gasteiger partial charge is 0.289 e. The Balaban J connectivity index is 1.46. The van der Waals surface area contributed by atoms with Gasteiger partial charge in [0.2, 0.25) is 5.91 Å². The van der Waals surface area contributed by atoms with Gasteiger partial charge < -0.3 is 14.6 Å². The topological polar surface area (TPSA) is 62.6 Å². The fourth-order valence-corrected chi connectivity index (χ4v) is 4.09. The molecule has 23 heavy (non-hydrogen) atoms. The van der Waals surface area contributed by atoms with E-state index in [1.165, 1.54) is 6.26 Å². The maximum atomic E-state index is 12.2. The van der Waals surface area contributed by atoms with Crippen molar-refractivity contribution in [2.24, 2.45) is 5.92 Å². The maximum Gasteiger partial charge on any atom is 0.289 e. The molecule has 7 heteroatoms. The van der Waals surface area contributed by atoms with E-state index < -0.39 is 0 Å². The molecule has 3 heterocycles. The van der Waals surface area contributed by atoms with E-state index in [2.05, 4.69) is 21.2 Å². The molecule has 3 rings (SSSR count). The molecule has 0 aliphatic carbocycles. The summed E-state index contributed by atoms with van der Waals surface area (Å²) in [4.78, 5) is 27.3. The quantitative estimate of drug-likeness (QED) is 0.862. The van der Waals surface area contributed by atoms with E-state index >= 15 is 0 Å². The lowest BCUT2D eigenvalue weighted by molar-refractivity contribution is -0.126. The van der Waals surface area contributed by atoms with Crippen LogP contribution in [0.15, 0.2) is 38.7 Å². The number of piperidine rings is 1. The zero-order valence-corrected chi connectivity index (χ0v) is 14.9. The normalized spacial score (nSPS) is 15.6. The van der Waals surface area contributed by atoms with Gasteiger partial charge in [-0.2, -0.15) is 0 Å². The van der Waals surface area contributed by atoms with Crippen LogP contribution < -0.4 is 5.32 Å². The van der Waals surface area contributed by atoms with Gasteiger partial charge in [-0.3, -0.25) is 9.59 Å². The Labute approximate surface area is 146 Å². The van der Waals surface area contributed by atoms with Crippen LogP contribution in [0.25, 0.3) is 0 Å². The number of furan rings is 1. The molecule has 1 fully saturated rings. The number of amides is 2. The van der Waals surface area contributed by atoms with Gasteiger partial charge in [-0.15, -0.1) is 11.3 Å². The van der Waals surface area contributed by atoms with Crippen LogP contribution >= 0.6 is 27.3 Å². The minimum absolute atomic E-state index is 0.0287. The lowest BCUT2D eigenvalue weighted by atomic mass is 9.95. The standard InChI is InChI=1S/C16H17BrN2O3S/c17-14-4-3-12(23-14)10-18-15(20)11-5-7-19(8-6-11)16(21)13-2-1-9-22-13/h1-4,9,11H,5-8,10H2,(H,18,20). The Morgan fingerprint density at radius 2 is 2.09 bits per heavy atom. The lowest BCUT2D eigenvalue weighted by Crippen LogP contribution is -2.42. The third kappa shape index (κ3) is 4.03. The van der Waals surface area contributed by atoms with E-state index in [0.29, 0.717) is 38.2 Å². The van der Waals surface area contributed by atoms with Crippen molar-refractivity contribution in [3.63, 3.8) is 0 Å². The van der Waals surface area contributed by atoms with E-state index in [1.807, 2.05) is 12.1 Å². The molecule has 5 nitrogen and oxygen atoms in total. The van der Waals surface area contributed by atoms with Crippen LogP contribution in [-0.2, 0) is 11.3 Å². The minimum Gasteiger partial charge on any atom is -0.459 e. The Kier molecular flexibility index (Phi) is 5.17. The number of likely N-dealkylation sites (tertiary alicyclic amines) is 1. The second-order valence-corrected chi connectivity index (χ2v) is 8.01. The van der Waals surface area contributed by atoms with E-state index in [9.17, 15) is 9.59 Å². The number of nitrogens with one attached hydrogen (secondary N) is 1. The predicted octanol–water partition coefficient (Wildman–Crippen LogP) is 3.27. The fraction of sp³-hybridized carbons (Fsp3) is 0.375. The highest BCUT2D eigenvalue weighted by molar-refractivity contribution is 9.11. The van der Waals surface area contributed by atoms with Crippen LogP contribution in [0.1, 0.15) is 28.3 Å². The summed E-state index contributed by atoms with van der Waals surface area (Å²) < 4.78 is 6.20. The molecule has 1 N–H and O–H groups in total. The Hall–Kier alpha value is -1.60. The summed E-state index contributed by atoms with van der Waals surface area (Å²) in [5.74, 6) is 0.298. The van der Waals surface area contributed by atoms with E-state index in [-0.39, 0.29) is 17.7 Å². The third-order valence-corrected chi connectivity index (χ3v) is 5.57. The summed E-state index contributed by atoms with van der Waals surface area (Å²) in [5, 5.41) is 2.98. The van der Waals surface area contributed by atoms with Gasteiger partial charge in [-0.1, -0.05) is 0 Å². The highest BCUT2D eigenvalue weighted by Gasteiger charge is 2.28. The largest absolute Gasteiger partial charge is 0.459 e. The molecule has 0 aromatic carbocycles. The van der Waals surface area contributed by atoms with Crippen molar-refractivity contribution in [3.8, 4) is 0 Å². The maximum absolute atomic E-state index is 12.2. The number of rotatable bonds is 4. The molecule has 0 radical (unpaired) electrons. The van der Waals surface area contributed by atoms with Crippen molar-refractivity contribution in [1.82, 2.24) is 10.2 Å². The summed E-state index contributed by atoms with van der Waals surface area (Å²) in [7, 11) is 0. The van der Waals surface area contributed by atoms with Gasteiger partial charge in [0.05, 0.1) is 16.6 Å². The SMILES string of the molecule is O=C(NCc1ccc(Br)s1)C1CCN(C(=O)c2ccco2)CC1. The highest BCUT2D eigenvalue weighted by atomic mass is 79.9. The van der Waals surface area contributed by atoms with Crippen LogP contribution in [0, 0.1) is 5.92 Å². The summed E-state index contributed by atoms with van der Waals surface area (Å²) in [6.45, 7) is 1.73. The Morgan fingerprint density at radius 3 is 2.70 bits per heavy atom. The molecule has 1 saturated heterocycles. The molecule has 2 aromatic rings. The minimum atomic E-state index is -0.0997. The number of hydrogen-bond acceptors (Lipinski definition) is 4. The van der Waals surface area contributed by atoms with Crippen LogP contribution in [0.5, 0.6) is 0 Å².